The summed E-state index contributed by atoms with van der Waals surface area (Å²) < 4.78 is 7.46. The number of hydrogen-bond donors (Lipinski definition) is 1. The zero-order valence-corrected chi connectivity index (χ0v) is 13.7. The zero-order chi connectivity index (χ0) is 16.8. The monoisotopic (exact) mass is 316 g/mol. The van der Waals surface area contributed by atoms with Crippen LogP contribution in [0.4, 0.5) is 0 Å². The van der Waals surface area contributed by atoms with Gasteiger partial charge in [0.05, 0.1) is 0 Å². The molecule has 122 valence electrons. The van der Waals surface area contributed by atoms with Crippen LogP contribution in [0.1, 0.15) is 17.0 Å². The Bertz CT molecular complexity index is 708. The third-order valence-electron chi connectivity index (χ3n) is 3.24. The standard InChI is InChI=1S/C16H20N4O3/c1-11-15(23-10-12-8-6-5-7-9-12)14(20(3)18-11)13(19-22-4)16(21)17-2/h5-9H,10H2,1-4H3,(H,17,21). The van der Waals surface area contributed by atoms with E-state index in [1.54, 1.807) is 11.7 Å². The van der Waals surface area contributed by atoms with Crippen molar-refractivity contribution in [2.45, 2.75) is 13.5 Å². The zero-order valence-electron chi connectivity index (χ0n) is 13.7. The van der Waals surface area contributed by atoms with E-state index < -0.39 is 0 Å². The molecule has 2 rings (SSSR count). The molecule has 0 spiro atoms. The number of likely N-dealkylation sites (N-methyl/N-ethyl adjacent to an activating group) is 1. The Morgan fingerprint density at radius 3 is 2.65 bits per heavy atom. The van der Waals surface area contributed by atoms with Crippen molar-refractivity contribution in [3.63, 3.8) is 0 Å². The molecule has 0 aliphatic rings. The molecule has 0 unspecified atom stereocenters. The average Bonchev–Trinajstić information content (AvgIpc) is 2.84. The highest BCUT2D eigenvalue weighted by Crippen LogP contribution is 2.25. The van der Waals surface area contributed by atoms with E-state index in [0.717, 1.165) is 5.56 Å². The van der Waals surface area contributed by atoms with E-state index in [4.69, 9.17) is 9.57 Å². The normalized spacial score (nSPS) is 11.2. The summed E-state index contributed by atoms with van der Waals surface area (Å²) in [4.78, 5) is 16.9. The van der Waals surface area contributed by atoms with Crippen LogP contribution in [0.3, 0.4) is 0 Å². The molecule has 0 radical (unpaired) electrons. The Kier molecular flexibility index (Phi) is 5.35. The smallest absolute Gasteiger partial charge is 0.275 e. The van der Waals surface area contributed by atoms with Crippen molar-refractivity contribution in [1.29, 1.82) is 0 Å². The molecule has 23 heavy (non-hydrogen) atoms. The van der Waals surface area contributed by atoms with Gasteiger partial charge in [-0.25, -0.2) is 0 Å². The summed E-state index contributed by atoms with van der Waals surface area (Å²) >= 11 is 0. The summed E-state index contributed by atoms with van der Waals surface area (Å²) in [6.07, 6.45) is 0. The number of nitrogens with zero attached hydrogens (tertiary/aromatic N) is 3. The van der Waals surface area contributed by atoms with Gasteiger partial charge in [-0.05, 0) is 12.5 Å². The van der Waals surface area contributed by atoms with Crippen LogP contribution in [0.2, 0.25) is 0 Å². The highest BCUT2D eigenvalue weighted by Gasteiger charge is 2.25. The maximum atomic E-state index is 12.1. The Morgan fingerprint density at radius 1 is 1.35 bits per heavy atom. The van der Waals surface area contributed by atoms with Crippen LogP contribution in [-0.2, 0) is 23.3 Å². The summed E-state index contributed by atoms with van der Waals surface area (Å²) in [5, 5.41) is 10.7. The molecule has 1 aromatic heterocycles. The molecule has 0 saturated heterocycles. The lowest BCUT2D eigenvalue weighted by Crippen LogP contribution is -2.30. The van der Waals surface area contributed by atoms with Crippen molar-refractivity contribution in [2.24, 2.45) is 12.2 Å². The summed E-state index contributed by atoms with van der Waals surface area (Å²) in [6.45, 7) is 2.19. The number of rotatable bonds is 6. The molecule has 0 fully saturated rings. The number of amides is 1. The molecule has 7 nitrogen and oxygen atoms in total. The first-order chi connectivity index (χ1) is 11.1. The predicted molar refractivity (Wildman–Crippen MR) is 86.3 cm³/mol. The molecule has 1 aromatic carbocycles. The lowest BCUT2D eigenvalue weighted by atomic mass is 10.2. The maximum Gasteiger partial charge on any atom is 0.275 e. The van der Waals surface area contributed by atoms with Gasteiger partial charge >= 0.3 is 0 Å². The third-order valence-corrected chi connectivity index (χ3v) is 3.24. The van der Waals surface area contributed by atoms with Gasteiger partial charge in [-0.3, -0.25) is 9.48 Å². The van der Waals surface area contributed by atoms with E-state index in [1.807, 2.05) is 37.3 Å². The van der Waals surface area contributed by atoms with Gasteiger partial charge in [0.1, 0.15) is 25.1 Å². The second kappa shape index (κ2) is 7.44. The maximum absolute atomic E-state index is 12.1. The average molecular weight is 316 g/mol. The minimum atomic E-state index is -0.376. The highest BCUT2D eigenvalue weighted by molar-refractivity contribution is 6.45. The molecule has 0 bridgehead atoms. The first-order valence-corrected chi connectivity index (χ1v) is 7.12. The van der Waals surface area contributed by atoms with E-state index >= 15 is 0 Å². The quantitative estimate of drug-likeness (QED) is 0.645. The van der Waals surface area contributed by atoms with Crippen molar-refractivity contribution in [1.82, 2.24) is 15.1 Å². The summed E-state index contributed by atoms with van der Waals surface area (Å²) in [5.41, 5.74) is 2.28. The van der Waals surface area contributed by atoms with Crippen LogP contribution >= 0.6 is 0 Å². The van der Waals surface area contributed by atoms with Gasteiger partial charge in [0.2, 0.25) is 0 Å². The van der Waals surface area contributed by atoms with Crippen LogP contribution < -0.4 is 10.1 Å². The van der Waals surface area contributed by atoms with E-state index in [2.05, 4.69) is 15.6 Å². The van der Waals surface area contributed by atoms with Crippen LogP contribution in [0.5, 0.6) is 5.75 Å². The second-order valence-electron chi connectivity index (χ2n) is 4.86. The second-order valence-corrected chi connectivity index (χ2v) is 4.86. The molecular formula is C16H20N4O3. The van der Waals surface area contributed by atoms with Crippen molar-refractivity contribution < 1.29 is 14.4 Å². The summed E-state index contributed by atoms with van der Waals surface area (Å²) in [6, 6.07) is 9.76. The van der Waals surface area contributed by atoms with Gasteiger partial charge in [0.25, 0.3) is 5.91 Å². The molecule has 0 atom stereocenters. The van der Waals surface area contributed by atoms with Gasteiger partial charge < -0.3 is 14.9 Å². The number of hydrogen-bond acceptors (Lipinski definition) is 5. The summed E-state index contributed by atoms with van der Waals surface area (Å²) in [5.74, 6) is 0.134. The molecule has 0 aliphatic heterocycles. The van der Waals surface area contributed by atoms with Gasteiger partial charge in [-0.1, -0.05) is 35.5 Å². The van der Waals surface area contributed by atoms with Crippen LogP contribution in [-0.4, -0.2) is 35.6 Å². The van der Waals surface area contributed by atoms with Crippen molar-refractivity contribution in [3.05, 3.63) is 47.3 Å². The fourth-order valence-corrected chi connectivity index (χ4v) is 2.20. The van der Waals surface area contributed by atoms with E-state index in [9.17, 15) is 4.79 Å². The van der Waals surface area contributed by atoms with E-state index in [-0.39, 0.29) is 11.6 Å². The fraction of sp³-hybridized carbons (Fsp3) is 0.312. The number of carbonyl (C=O) groups excluding carboxylic acids is 1. The molecule has 0 saturated carbocycles. The van der Waals surface area contributed by atoms with Crippen LogP contribution in [0.25, 0.3) is 0 Å². The van der Waals surface area contributed by atoms with Gasteiger partial charge in [-0.2, -0.15) is 5.10 Å². The fourth-order valence-electron chi connectivity index (χ4n) is 2.20. The van der Waals surface area contributed by atoms with E-state index in [1.165, 1.54) is 14.2 Å². The van der Waals surface area contributed by atoms with Gasteiger partial charge in [-0.15, -0.1) is 0 Å². The number of oxime groups is 1. The number of aromatic nitrogens is 2. The number of ether oxygens (including phenoxy) is 1. The third kappa shape index (κ3) is 3.68. The van der Waals surface area contributed by atoms with Gasteiger partial charge in [0, 0.05) is 14.1 Å². The topological polar surface area (TPSA) is 77.7 Å². The first-order valence-electron chi connectivity index (χ1n) is 7.12. The molecule has 0 aliphatic carbocycles. The lowest BCUT2D eigenvalue weighted by molar-refractivity contribution is -0.114. The van der Waals surface area contributed by atoms with Gasteiger partial charge in [0.15, 0.2) is 11.5 Å². The Balaban J connectivity index is 2.36. The molecule has 1 N–H and O–H groups in total. The minimum absolute atomic E-state index is 0.112. The number of aryl methyl sites for hydroxylation is 2. The number of benzene rings is 1. The lowest BCUT2D eigenvalue weighted by Gasteiger charge is -2.10. The largest absolute Gasteiger partial charge is 0.485 e. The first kappa shape index (κ1) is 16.5. The SMILES string of the molecule is CNC(=O)C(=NOC)c1c(OCc2ccccc2)c(C)nn1C. The molecule has 1 heterocycles. The molecule has 1 amide bonds. The van der Waals surface area contributed by atoms with Crippen LogP contribution in [0.15, 0.2) is 35.5 Å². The molecule has 2 aromatic rings. The number of nitrogens with one attached hydrogen (secondary N) is 1. The Morgan fingerprint density at radius 2 is 2.04 bits per heavy atom. The van der Waals surface area contributed by atoms with Crippen LogP contribution in [0, 0.1) is 6.92 Å². The van der Waals surface area contributed by atoms with Crippen molar-refractivity contribution in [2.75, 3.05) is 14.2 Å². The predicted octanol–water partition coefficient (Wildman–Crippen LogP) is 1.40. The van der Waals surface area contributed by atoms with E-state index in [0.29, 0.717) is 23.7 Å². The summed E-state index contributed by atoms with van der Waals surface area (Å²) in [7, 11) is 4.64. The number of carbonyl (C=O) groups is 1. The van der Waals surface area contributed by atoms with Crippen molar-refractivity contribution >= 4 is 11.6 Å². The molecule has 7 heteroatoms. The Labute approximate surface area is 134 Å². The minimum Gasteiger partial charge on any atom is -0.485 e. The highest BCUT2D eigenvalue weighted by atomic mass is 16.6. The van der Waals surface area contributed by atoms with Crippen molar-refractivity contribution in [3.8, 4) is 5.75 Å². The molecular weight excluding hydrogens is 296 g/mol. The Hall–Kier alpha value is -2.83.